The third kappa shape index (κ3) is 4.76. The van der Waals surface area contributed by atoms with E-state index in [4.69, 9.17) is 0 Å². The van der Waals surface area contributed by atoms with Crippen molar-refractivity contribution in [3.8, 4) is 0 Å². The lowest BCUT2D eigenvalue weighted by Crippen LogP contribution is -2.40. The zero-order valence-corrected chi connectivity index (χ0v) is 16.3. The Kier molecular flexibility index (Phi) is 5.36. The molecule has 142 valence electrons. The van der Waals surface area contributed by atoms with Gasteiger partial charge in [-0.05, 0) is 41.5 Å². The van der Waals surface area contributed by atoms with Gasteiger partial charge in [-0.25, -0.2) is 0 Å². The first kappa shape index (κ1) is 19.2. The molecule has 3 rings (SSSR count). The summed E-state index contributed by atoms with van der Waals surface area (Å²) in [5.41, 5.74) is 3.13. The summed E-state index contributed by atoms with van der Waals surface area (Å²) >= 11 is 0. The topological polar surface area (TPSA) is 58.2 Å². The van der Waals surface area contributed by atoms with Crippen LogP contribution < -0.4 is 10.6 Å². The first-order chi connectivity index (χ1) is 12.8. The number of carbonyl (C=O) groups excluding carboxylic acids is 2. The van der Waals surface area contributed by atoms with Crippen molar-refractivity contribution in [2.45, 2.75) is 44.4 Å². The van der Waals surface area contributed by atoms with E-state index in [1.165, 1.54) is 11.1 Å². The largest absolute Gasteiger partial charge is 0.354 e. The van der Waals surface area contributed by atoms with Crippen LogP contribution in [0.2, 0.25) is 0 Å². The molecule has 0 atom stereocenters. The van der Waals surface area contributed by atoms with E-state index in [9.17, 15) is 9.59 Å². The van der Waals surface area contributed by atoms with Gasteiger partial charge < -0.3 is 10.6 Å². The average molecular weight is 364 g/mol. The Labute approximate surface area is 161 Å². The highest BCUT2D eigenvalue weighted by Gasteiger charge is 2.44. The Bertz CT molecular complexity index is 801. The first-order valence-electron chi connectivity index (χ1n) is 9.51. The molecule has 0 heterocycles. The molecule has 2 amide bonds. The molecule has 27 heavy (non-hydrogen) atoms. The molecule has 2 N–H and O–H groups in total. The second-order valence-electron chi connectivity index (χ2n) is 8.43. The van der Waals surface area contributed by atoms with Crippen LogP contribution in [-0.2, 0) is 15.6 Å². The highest BCUT2D eigenvalue weighted by atomic mass is 16.2. The molecule has 1 fully saturated rings. The molecule has 0 spiro atoms. The van der Waals surface area contributed by atoms with E-state index in [0.29, 0.717) is 12.1 Å². The van der Waals surface area contributed by atoms with Crippen molar-refractivity contribution in [3.63, 3.8) is 0 Å². The van der Waals surface area contributed by atoms with E-state index in [0.717, 1.165) is 12.8 Å². The number of amides is 2. The average Bonchev–Trinajstić information content (AvgIpc) is 3.46. The van der Waals surface area contributed by atoms with E-state index >= 15 is 0 Å². The van der Waals surface area contributed by atoms with Crippen LogP contribution in [0.15, 0.2) is 54.6 Å². The van der Waals surface area contributed by atoms with Crippen LogP contribution in [-0.4, -0.2) is 24.9 Å². The van der Waals surface area contributed by atoms with Gasteiger partial charge >= 0.3 is 0 Å². The molecule has 1 aliphatic rings. The van der Waals surface area contributed by atoms with Crippen molar-refractivity contribution >= 4 is 11.8 Å². The lowest BCUT2D eigenvalue weighted by molar-refractivity contribution is -0.120. The van der Waals surface area contributed by atoms with E-state index in [-0.39, 0.29) is 29.2 Å². The van der Waals surface area contributed by atoms with Gasteiger partial charge in [0.25, 0.3) is 5.91 Å². The summed E-state index contributed by atoms with van der Waals surface area (Å²) in [5.74, 6) is -0.383. The van der Waals surface area contributed by atoms with Gasteiger partial charge in [-0.15, -0.1) is 0 Å². The normalized spacial score (nSPS) is 15.1. The Balaban J connectivity index is 1.47. The SMILES string of the molecule is CC(C)(C)c1ccc(C(=O)NCC(=O)NCC2(c3ccccc3)CC2)cc1. The van der Waals surface area contributed by atoms with Gasteiger partial charge in [-0.2, -0.15) is 0 Å². The van der Waals surface area contributed by atoms with E-state index in [2.05, 4.69) is 43.5 Å². The zero-order chi connectivity index (χ0) is 19.5. The maximum absolute atomic E-state index is 12.3. The first-order valence-corrected chi connectivity index (χ1v) is 9.51. The number of carbonyl (C=O) groups is 2. The number of benzene rings is 2. The smallest absolute Gasteiger partial charge is 0.251 e. The minimum atomic E-state index is -0.227. The fraction of sp³-hybridized carbons (Fsp3) is 0.391. The number of nitrogens with one attached hydrogen (secondary N) is 2. The van der Waals surface area contributed by atoms with Crippen LogP contribution in [0.25, 0.3) is 0 Å². The molecule has 4 nitrogen and oxygen atoms in total. The lowest BCUT2D eigenvalue weighted by atomic mass is 9.87. The van der Waals surface area contributed by atoms with Gasteiger partial charge in [-0.3, -0.25) is 9.59 Å². The Morgan fingerprint density at radius 3 is 2.11 bits per heavy atom. The molecule has 0 saturated heterocycles. The molecular weight excluding hydrogens is 336 g/mol. The Hall–Kier alpha value is -2.62. The van der Waals surface area contributed by atoms with Gasteiger partial charge in [0, 0.05) is 17.5 Å². The number of hydrogen-bond donors (Lipinski definition) is 2. The summed E-state index contributed by atoms with van der Waals surface area (Å²) < 4.78 is 0. The monoisotopic (exact) mass is 364 g/mol. The predicted molar refractivity (Wildman–Crippen MR) is 108 cm³/mol. The zero-order valence-electron chi connectivity index (χ0n) is 16.3. The quantitative estimate of drug-likeness (QED) is 0.823. The van der Waals surface area contributed by atoms with Crippen LogP contribution in [0.1, 0.15) is 55.1 Å². The van der Waals surface area contributed by atoms with Crippen molar-refractivity contribution < 1.29 is 9.59 Å². The van der Waals surface area contributed by atoms with Crippen molar-refractivity contribution in [1.82, 2.24) is 10.6 Å². The summed E-state index contributed by atoms with van der Waals surface area (Å²) in [4.78, 5) is 24.4. The summed E-state index contributed by atoms with van der Waals surface area (Å²) in [6.45, 7) is 7.01. The number of hydrogen-bond acceptors (Lipinski definition) is 2. The fourth-order valence-corrected chi connectivity index (χ4v) is 3.22. The third-order valence-electron chi connectivity index (χ3n) is 5.29. The van der Waals surface area contributed by atoms with Gasteiger partial charge in [0.05, 0.1) is 6.54 Å². The standard InChI is InChI=1S/C23H28N2O2/c1-22(2,3)18-11-9-17(10-12-18)21(27)24-15-20(26)25-16-23(13-14-23)19-7-5-4-6-8-19/h4-12H,13-16H2,1-3H3,(H,24,27)(H,25,26). The van der Waals surface area contributed by atoms with Crippen LogP contribution in [0.5, 0.6) is 0 Å². The van der Waals surface area contributed by atoms with Crippen LogP contribution >= 0.6 is 0 Å². The lowest BCUT2D eigenvalue weighted by Gasteiger charge is -2.19. The van der Waals surface area contributed by atoms with Gasteiger partial charge in [0.1, 0.15) is 0 Å². The Morgan fingerprint density at radius 1 is 0.926 bits per heavy atom. The maximum Gasteiger partial charge on any atom is 0.251 e. The minimum absolute atomic E-state index is 0.00920. The van der Waals surface area contributed by atoms with E-state index < -0.39 is 0 Å². The predicted octanol–water partition coefficient (Wildman–Crippen LogP) is 3.56. The molecule has 0 unspecified atom stereocenters. The van der Waals surface area contributed by atoms with E-state index in [1.54, 1.807) is 0 Å². The van der Waals surface area contributed by atoms with Crippen LogP contribution in [0.3, 0.4) is 0 Å². The molecule has 1 saturated carbocycles. The van der Waals surface area contributed by atoms with Crippen molar-refractivity contribution in [1.29, 1.82) is 0 Å². The van der Waals surface area contributed by atoms with Crippen LogP contribution in [0.4, 0.5) is 0 Å². The second kappa shape index (κ2) is 7.55. The Morgan fingerprint density at radius 2 is 1.56 bits per heavy atom. The summed E-state index contributed by atoms with van der Waals surface area (Å²) in [5, 5.41) is 5.67. The fourth-order valence-electron chi connectivity index (χ4n) is 3.22. The molecular formula is C23H28N2O2. The molecule has 2 aromatic carbocycles. The highest BCUT2D eigenvalue weighted by Crippen LogP contribution is 2.47. The molecule has 4 heteroatoms. The molecule has 0 aromatic heterocycles. The molecule has 0 radical (unpaired) electrons. The second-order valence-corrected chi connectivity index (χ2v) is 8.43. The molecule has 1 aliphatic carbocycles. The van der Waals surface area contributed by atoms with Crippen LogP contribution in [0, 0.1) is 0 Å². The van der Waals surface area contributed by atoms with Gasteiger partial charge in [0.15, 0.2) is 0 Å². The summed E-state index contributed by atoms with van der Waals surface area (Å²) in [6.07, 6.45) is 2.17. The molecule has 0 aliphatic heterocycles. The van der Waals surface area contributed by atoms with Crippen molar-refractivity contribution in [3.05, 3.63) is 71.3 Å². The molecule has 0 bridgehead atoms. The molecule has 2 aromatic rings. The number of rotatable bonds is 6. The maximum atomic E-state index is 12.3. The summed E-state index contributed by atoms with van der Waals surface area (Å²) in [7, 11) is 0. The minimum Gasteiger partial charge on any atom is -0.354 e. The van der Waals surface area contributed by atoms with E-state index in [1.807, 2.05) is 42.5 Å². The highest BCUT2D eigenvalue weighted by molar-refractivity contribution is 5.96. The third-order valence-corrected chi connectivity index (χ3v) is 5.29. The summed E-state index contributed by atoms with van der Waals surface area (Å²) in [6, 6.07) is 17.8. The van der Waals surface area contributed by atoms with Gasteiger partial charge in [-0.1, -0.05) is 63.2 Å². The van der Waals surface area contributed by atoms with Crippen molar-refractivity contribution in [2.75, 3.05) is 13.1 Å². The van der Waals surface area contributed by atoms with Gasteiger partial charge in [0.2, 0.25) is 5.91 Å². The van der Waals surface area contributed by atoms with Crippen molar-refractivity contribution in [2.24, 2.45) is 0 Å².